The Morgan fingerprint density at radius 2 is 1.97 bits per heavy atom. The summed E-state index contributed by atoms with van der Waals surface area (Å²) in [4.78, 5) is 16.3. The number of carbonyl (C=O) groups is 1. The molecule has 0 aromatic heterocycles. The van der Waals surface area contributed by atoms with Crippen molar-refractivity contribution in [3.05, 3.63) is 64.7 Å². The molecule has 2 saturated carbocycles. The molecular weight excluding hydrogens is 402 g/mol. The van der Waals surface area contributed by atoms with Crippen LogP contribution in [0, 0.1) is 5.92 Å². The Labute approximate surface area is 187 Å². The van der Waals surface area contributed by atoms with E-state index in [-0.39, 0.29) is 17.6 Å². The van der Waals surface area contributed by atoms with Crippen LogP contribution < -0.4 is 4.74 Å². The first kappa shape index (κ1) is 18.9. The molecule has 2 heterocycles. The predicted octanol–water partition coefficient (Wildman–Crippen LogP) is 3.22. The highest BCUT2D eigenvalue weighted by atomic mass is 16.5. The standard InChI is InChI=1S/C27H27NO4/c29-20-9-8-18-13-21-27(31)14-19(12-16-4-2-1-3-5-16)23(30)25-26(27,22(18)24(20)32-25)10-11-28(21)15-17-6-7-17/h1-5,8-9,12,17,21,25,29,31H,6-7,10-11,13-15H2/b19-12+/t21?,25-,26?,27?/m0/s1. The SMILES string of the molecule is O=C1/C(=C/c2ccccc2)CC2(O)C3Cc4ccc(O)c5c4C2(CCN3CC2CC2)[C@H]1O5. The van der Waals surface area contributed by atoms with Crippen molar-refractivity contribution < 1.29 is 19.7 Å². The lowest BCUT2D eigenvalue weighted by atomic mass is 9.48. The molecule has 2 aliphatic heterocycles. The van der Waals surface area contributed by atoms with Gasteiger partial charge in [0.2, 0.25) is 0 Å². The van der Waals surface area contributed by atoms with Crippen LogP contribution in [0.5, 0.6) is 11.5 Å². The molecule has 0 radical (unpaired) electrons. The molecule has 32 heavy (non-hydrogen) atoms. The second-order valence-corrected chi connectivity index (χ2v) is 10.4. The number of Topliss-reactive ketones (excluding diaryl/α,β-unsaturated/α-hetero) is 1. The number of phenolic OH excluding ortho intramolecular Hbond substituents is 1. The third kappa shape index (κ3) is 2.28. The van der Waals surface area contributed by atoms with E-state index in [9.17, 15) is 15.0 Å². The summed E-state index contributed by atoms with van der Waals surface area (Å²) >= 11 is 0. The summed E-state index contributed by atoms with van der Waals surface area (Å²) in [5, 5.41) is 23.2. The number of phenols is 1. The molecule has 1 spiro atoms. The molecule has 3 aliphatic carbocycles. The van der Waals surface area contributed by atoms with Crippen molar-refractivity contribution in [1.82, 2.24) is 4.90 Å². The van der Waals surface area contributed by atoms with Gasteiger partial charge in [-0.3, -0.25) is 9.69 Å². The number of nitrogens with zero attached hydrogens (tertiary/aromatic N) is 1. The summed E-state index contributed by atoms with van der Waals surface area (Å²) < 4.78 is 6.26. The summed E-state index contributed by atoms with van der Waals surface area (Å²) in [5.41, 5.74) is 1.67. The Kier molecular flexibility index (Phi) is 3.68. The topological polar surface area (TPSA) is 70.0 Å². The maximum absolute atomic E-state index is 13.8. The van der Waals surface area contributed by atoms with Crippen LogP contribution in [0.2, 0.25) is 0 Å². The van der Waals surface area contributed by atoms with Crippen LogP contribution in [0.3, 0.4) is 0 Å². The third-order valence-corrected chi connectivity index (χ3v) is 8.67. The van der Waals surface area contributed by atoms with Gasteiger partial charge >= 0.3 is 0 Å². The van der Waals surface area contributed by atoms with Crippen molar-refractivity contribution in [2.45, 2.75) is 55.3 Å². The number of rotatable bonds is 3. The first-order valence-corrected chi connectivity index (χ1v) is 11.8. The van der Waals surface area contributed by atoms with Crippen molar-refractivity contribution >= 4 is 11.9 Å². The van der Waals surface area contributed by atoms with Crippen LogP contribution >= 0.6 is 0 Å². The Bertz CT molecular complexity index is 1170. The van der Waals surface area contributed by atoms with Crippen LogP contribution in [0.4, 0.5) is 0 Å². The summed E-state index contributed by atoms with van der Waals surface area (Å²) in [7, 11) is 0. The largest absolute Gasteiger partial charge is 0.504 e. The molecule has 7 rings (SSSR count). The van der Waals surface area contributed by atoms with E-state index in [2.05, 4.69) is 4.90 Å². The Morgan fingerprint density at radius 1 is 1.16 bits per heavy atom. The fourth-order valence-electron chi connectivity index (χ4n) is 7.06. The van der Waals surface area contributed by atoms with Gasteiger partial charge in [0.05, 0.1) is 11.0 Å². The summed E-state index contributed by atoms with van der Waals surface area (Å²) in [6.07, 6.45) is 5.37. The van der Waals surface area contributed by atoms with E-state index in [0.717, 1.165) is 42.1 Å². The number of piperidine rings is 1. The smallest absolute Gasteiger partial charge is 0.200 e. The second-order valence-electron chi connectivity index (χ2n) is 10.4. The van der Waals surface area contributed by atoms with Gasteiger partial charge in [0.1, 0.15) is 0 Å². The molecule has 5 nitrogen and oxygen atoms in total. The first-order chi connectivity index (χ1) is 15.5. The van der Waals surface area contributed by atoms with Gasteiger partial charge in [0.25, 0.3) is 0 Å². The average Bonchev–Trinajstić information content (AvgIpc) is 3.52. The van der Waals surface area contributed by atoms with E-state index in [4.69, 9.17) is 4.74 Å². The molecule has 164 valence electrons. The summed E-state index contributed by atoms with van der Waals surface area (Å²) in [5.74, 6) is 1.14. The molecule has 2 bridgehead atoms. The minimum absolute atomic E-state index is 0.0572. The van der Waals surface area contributed by atoms with Gasteiger partial charge in [-0.15, -0.1) is 0 Å². The van der Waals surface area contributed by atoms with Gasteiger partial charge in [-0.25, -0.2) is 0 Å². The highest BCUT2D eigenvalue weighted by molar-refractivity contribution is 6.06. The Hall–Kier alpha value is -2.63. The molecular formula is C27H27NO4. The Morgan fingerprint density at radius 3 is 2.75 bits per heavy atom. The van der Waals surface area contributed by atoms with Crippen molar-refractivity contribution in [2.24, 2.45) is 5.92 Å². The van der Waals surface area contributed by atoms with E-state index >= 15 is 0 Å². The molecule has 3 unspecified atom stereocenters. The summed E-state index contributed by atoms with van der Waals surface area (Å²) in [6, 6.07) is 13.4. The maximum atomic E-state index is 13.8. The monoisotopic (exact) mass is 429 g/mol. The highest BCUT2D eigenvalue weighted by Gasteiger charge is 2.74. The lowest BCUT2D eigenvalue weighted by molar-refractivity contribution is -0.179. The van der Waals surface area contributed by atoms with Gasteiger partial charge in [0, 0.05) is 30.1 Å². The van der Waals surface area contributed by atoms with Gasteiger partial charge in [-0.1, -0.05) is 36.4 Å². The molecule has 4 atom stereocenters. The molecule has 2 aromatic rings. The van der Waals surface area contributed by atoms with E-state index in [1.54, 1.807) is 6.07 Å². The van der Waals surface area contributed by atoms with Gasteiger partial charge < -0.3 is 14.9 Å². The zero-order valence-electron chi connectivity index (χ0n) is 18.0. The molecule has 2 N–H and O–H groups in total. The number of hydrogen-bond acceptors (Lipinski definition) is 5. The fraction of sp³-hybridized carbons (Fsp3) is 0.444. The number of aromatic hydroxyl groups is 1. The molecule has 1 saturated heterocycles. The minimum Gasteiger partial charge on any atom is -0.504 e. The lowest BCUT2D eigenvalue weighted by Crippen LogP contribution is -2.77. The van der Waals surface area contributed by atoms with E-state index in [1.807, 2.05) is 42.5 Å². The van der Waals surface area contributed by atoms with Crippen LogP contribution in [0.15, 0.2) is 48.0 Å². The van der Waals surface area contributed by atoms with E-state index < -0.39 is 17.1 Å². The van der Waals surface area contributed by atoms with E-state index in [1.165, 1.54) is 12.8 Å². The molecule has 5 heteroatoms. The van der Waals surface area contributed by atoms with Gasteiger partial charge in [-0.05, 0) is 61.4 Å². The maximum Gasteiger partial charge on any atom is 0.200 e. The fourth-order valence-corrected chi connectivity index (χ4v) is 7.06. The van der Waals surface area contributed by atoms with Gasteiger partial charge in [0.15, 0.2) is 23.4 Å². The third-order valence-electron chi connectivity index (χ3n) is 8.67. The van der Waals surface area contributed by atoms with Crippen molar-refractivity contribution in [1.29, 1.82) is 0 Å². The first-order valence-electron chi connectivity index (χ1n) is 11.8. The number of carbonyl (C=O) groups excluding carboxylic acids is 1. The average molecular weight is 430 g/mol. The minimum atomic E-state index is -1.11. The molecule has 2 aromatic carbocycles. The van der Waals surface area contributed by atoms with Crippen molar-refractivity contribution in [3.8, 4) is 11.5 Å². The predicted molar refractivity (Wildman–Crippen MR) is 120 cm³/mol. The quantitative estimate of drug-likeness (QED) is 0.734. The number of likely N-dealkylation sites (tertiary alicyclic amines) is 1. The Balaban J connectivity index is 1.42. The number of ether oxygens (including phenoxy) is 1. The molecule has 3 fully saturated rings. The molecule has 5 aliphatic rings. The summed E-state index contributed by atoms with van der Waals surface area (Å²) in [6.45, 7) is 1.86. The number of hydrogen-bond donors (Lipinski definition) is 2. The number of benzene rings is 2. The second kappa shape index (κ2) is 6.24. The highest BCUT2D eigenvalue weighted by Crippen LogP contribution is 2.65. The number of ketones is 1. The van der Waals surface area contributed by atoms with Gasteiger partial charge in [-0.2, -0.15) is 0 Å². The normalized spacial score (nSPS) is 36.2. The van der Waals surface area contributed by atoms with Crippen LogP contribution in [0.25, 0.3) is 6.08 Å². The van der Waals surface area contributed by atoms with Crippen molar-refractivity contribution in [3.63, 3.8) is 0 Å². The number of aliphatic hydroxyl groups is 1. The van der Waals surface area contributed by atoms with E-state index in [0.29, 0.717) is 24.2 Å². The van der Waals surface area contributed by atoms with Crippen molar-refractivity contribution in [2.75, 3.05) is 13.1 Å². The lowest BCUT2D eigenvalue weighted by Gasteiger charge is -2.62. The molecule has 0 amide bonds. The zero-order valence-corrected chi connectivity index (χ0v) is 18.0. The van der Waals surface area contributed by atoms with Crippen LogP contribution in [-0.2, 0) is 16.6 Å². The van der Waals surface area contributed by atoms with Crippen LogP contribution in [-0.4, -0.2) is 51.7 Å². The zero-order chi connectivity index (χ0) is 21.7. The van der Waals surface area contributed by atoms with Crippen LogP contribution in [0.1, 0.15) is 42.4 Å².